The monoisotopic (exact) mass is 279 g/mol. The minimum atomic E-state index is 0.0215. The molecule has 0 spiro atoms. The van der Waals surface area contributed by atoms with Crippen molar-refractivity contribution in [1.29, 1.82) is 0 Å². The maximum absolute atomic E-state index is 12.3. The van der Waals surface area contributed by atoms with Gasteiger partial charge < -0.3 is 5.73 Å². The molecule has 21 heavy (non-hydrogen) atoms. The maximum Gasteiger partial charge on any atom is 0.261 e. The maximum atomic E-state index is 12.3. The van der Waals surface area contributed by atoms with Gasteiger partial charge in [0.2, 0.25) is 0 Å². The molecule has 0 saturated heterocycles. The number of fused-ring (bicyclic) bond motifs is 1. The molecule has 2 aromatic carbocycles. The minimum Gasteiger partial charge on any atom is -0.399 e. The predicted molar refractivity (Wildman–Crippen MR) is 85.2 cm³/mol. The highest BCUT2D eigenvalue weighted by molar-refractivity contribution is 5.76. The van der Waals surface area contributed by atoms with Crippen LogP contribution in [0, 0.1) is 0 Å². The zero-order valence-corrected chi connectivity index (χ0v) is 11.7. The molecule has 1 aromatic heterocycles. The van der Waals surface area contributed by atoms with Gasteiger partial charge in [-0.15, -0.1) is 0 Å². The molecule has 3 aromatic rings. The second-order valence-corrected chi connectivity index (χ2v) is 5.11. The zero-order valence-electron chi connectivity index (χ0n) is 11.7. The Labute approximate surface area is 122 Å². The average Bonchev–Trinajstić information content (AvgIpc) is 2.50. The Hall–Kier alpha value is -2.62. The third kappa shape index (κ3) is 2.94. The van der Waals surface area contributed by atoms with Crippen LogP contribution in [0.5, 0.6) is 0 Å². The molecule has 0 saturated carbocycles. The van der Waals surface area contributed by atoms with Crippen molar-refractivity contribution in [2.45, 2.75) is 19.4 Å². The van der Waals surface area contributed by atoms with Crippen molar-refractivity contribution in [2.75, 3.05) is 5.73 Å². The van der Waals surface area contributed by atoms with Gasteiger partial charge in [0.1, 0.15) is 0 Å². The van der Waals surface area contributed by atoms with Crippen LogP contribution in [0.2, 0.25) is 0 Å². The zero-order chi connectivity index (χ0) is 14.7. The summed E-state index contributed by atoms with van der Waals surface area (Å²) >= 11 is 0. The van der Waals surface area contributed by atoms with E-state index < -0.39 is 0 Å². The Kier molecular flexibility index (Phi) is 3.69. The first-order valence-corrected chi connectivity index (χ1v) is 7.02. The van der Waals surface area contributed by atoms with Gasteiger partial charge in [0.15, 0.2) is 0 Å². The summed E-state index contributed by atoms with van der Waals surface area (Å²) < 4.78 is 1.68. The Morgan fingerprint density at radius 3 is 2.81 bits per heavy atom. The molecule has 4 nitrogen and oxygen atoms in total. The molecular weight excluding hydrogens is 262 g/mol. The summed E-state index contributed by atoms with van der Waals surface area (Å²) in [5.74, 6) is 0. The lowest BCUT2D eigenvalue weighted by Gasteiger charge is -2.07. The van der Waals surface area contributed by atoms with E-state index in [0.29, 0.717) is 11.9 Å². The molecule has 0 aliphatic rings. The lowest BCUT2D eigenvalue weighted by atomic mass is 10.1. The second kappa shape index (κ2) is 5.79. The summed E-state index contributed by atoms with van der Waals surface area (Å²) in [6, 6.07) is 15.3. The van der Waals surface area contributed by atoms with Crippen LogP contribution in [-0.4, -0.2) is 9.55 Å². The van der Waals surface area contributed by atoms with E-state index >= 15 is 0 Å². The number of benzene rings is 2. The number of nitrogens with two attached hydrogens (primary N) is 1. The number of hydrogen-bond acceptors (Lipinski definition) is 3. The topological polar surface area (TPSA) is 60.9 Å². The van der Waals surface area contributed by atoms with E-state index in [9.17, 15) is 4.79 Å². The van der Waals surface area contributed by atoms with E-state index in [4.69, 9.17) is 5.73 Å². The molecule has 0 bridgehead atoms. The molecule has 1 heterocycles. The molecule has 0 atom stereocenters. The molecule has 0 fully saturated rings. The average molecular weight is 279 g/mol. The van der Waals surface area contributed by atoms with Gasteiger partial charge in [-0.05, 0) is 42.7 Å². The van der Waals surface area contributed by atoms with Gasteiger partial charge in [-0.3, -0.25) is 9.36 Å². The first kappa shape index (κ1) is 13.4. The molecule has 0 unspecified atom stereocenters. The number of nitrogen functional groups attached to an aromatic ring is 1. The number of nitrogens with zero attached hydrogens (tertiary/aromatic N) is 2. The van der Waals surface area contributed by atoms with Crippen LogP contribution in [0.4, 0.5) is 5.69 Å². The van der Waals surface area contributed by atoms with Crippen LogP contribution >= 0.6 is 0 Å². The molecule has 0 aliphatic carbocycles. The summed E-state index contributed by atoms with van der Waals surface area (Å²) in [4.78, 5) is 16.7. The Morgan fingerprint density at radius 2 is 1.95 bits per heavy atom. The van der Waals surface area contributed by atoms with Crippen molar-refractivity contribution in [3.63, 3.8) is 0 Å². The lowest BCUT2D eigenvalue weighted by Crippen LogP contribution is -2.20. The van der Waals surface area contributed by atoms with E-state index in [1.54, 1.807) is 10.9 Å². The molecule has 0 aliphatic heterocycles. The molecule has 0 amide bonds. The second-order valence-electron chi connectivity index (χ2n) is 5.11. The standard InChI is InChI=1S/C17H17N3O/c18-14-7-3-5-13(11-14)6-4-10-20-12-19-16-9-2-1-8-15(16)17(20)21/h1-3,5,7-9,11-12H,4,6,10,18H2. The first-order valence-electron chi connectivity index (χ1n) is 7.02. The number of aromatic nitrogens is 2. The molecule has 0 radical (unpaired) electrons. The Balaban J connectivity index is 1.74. The van der Waals surface area contributed by atoms with E-state index in [0.717, 1.165) is 24.0 Å². The van der Waals surface area contributed by atoms with Crippen molar-refractivity contribution in [3.8, 4) is 0 Å². The van der Waals surface area contributed by atoms with E-state index in [1.807, 2.05) is 42.5 Å². The molecule has 106 valence electrons. The fourth-order valence-corrected chi connectivity index (χ4v) is 2.47. The highest BCUT2D eigenvalue weighted by Crippen LogP contribution is 2.09. The quantitative estimate of drug-likeness (QED) is 0.747. The summed E-state index contributed by atoms with van der Waals surface area (Å²) in [5, 5.41) is 0.670. The van der Waals surface area contributed by atoms with Crippen LogP contribution in [0.1, 0.15) is 12.0 Å². The van der Waals surface area contributed by atoms with Gasteiger partial charge >= 0.3 is 0 Å². The third-order valence-electron chi connectivity index (χ3n) is 3.55. The fourth-order valence-electron chi connectivity index (χ4n) is 2.47. The highest BCUT2D eigenvalue weighted by Gasteiger charge is 2.03. The van der Waals surface area contributed by atoms with Gasteiger partial charge in [-0.1, -0.05) is 24.3 Å². The van der Waals surface area contributed by atoms with Gasteiger partial charge in [0, 0.05) is 12.2 Å². The van der Waals surface area contributed by atoms with Gasteiger partial charge in [0.25, 0.3) is 5.56 Å². The van der Waals surface area contributed by atoms with Gasteiger partial charge in [-0.25, -0.2) is 4.98 Å². The smallest absolute Gasteiger partial charge is 0.261 e. The molecule has 2 N–H and O–H groups in total. The summed E-state index contributed by atoms with van der Waals surface area (Å²) in [6.45, 7) is 0.658. The van der Waals surface area contributed by atoms with Crippen molar-refractivity contribution < 1.29 is 0 Å². The highest BCUT2D eigenvalue weighted by atomic mass is 16.1. The van der Waals surface area contributed by atoms with E-state index in [2.05, 4.69) is 11.1 Å². The SMILES string of the molecule is Nc1cccc(CCCn2cnc3ccccc3c2=O)c1. The summed E-state index contributed by atoms with van der Waals surface area (Å²) in [7, 11) is 0. The van der Waals surface area contributed by atoms with Crippen LogP contribution in [0.15, 0.2) is 59.7 Å². The van der Waals surface area contributed by atoms with Gasteiger partial charge in [-0.2, -0.15) is 0 Å². The minimum absolute atomic E-state index is 0.0215. The normalized spacial score (nSPS) is 10.9. The fraction of sp³-hybridized carbons (Fsp3) is 0.176. The number of hydrogen-bond donors (Lipinski definition) is 1. The van der Waals surface area contributed by atoms with Crippen LogP contribution in [0.3, 0.4) is 0 Å². The Bertz CT molecular complexity index is 823. The molecule has 4 heteroatoms. The number of aryl methyl sites for hydroxylation is 2. The summed E-state index contributed by atoms with van der Waals surface area (Å²) in [6.07, 6.45) is 3.40. The van der Waals surface area contributed by atoms with Crippen molar-refractivity contribution in [3.05, 3.63) is 70.8 Å². The summed E-state index contributed by atoms with van der Waals surface area (Å²) in [5.41, 5.74) is 8.50. The number of rotatable bonds is 4. The predicted octanol–water partition coefficient (Wildman–Crippen LogP) is 2.61. The van der Waals surface area contributed by atoms with E-state index in [1.165, 1.54) is 5.56 Å². The lowest BCUT2D eigenvalue weighted by molar-refractivity contribution is 0.617. The largest absolute Gasteiger partial charge is 0.399 e. The van der Waals surface area contributed by atoms with Crippen LogP contribution in [-0.2, 0) is 13.0 Å². The molecular formula is C17H17N3O. The van der Waals surface area contributed by atoms with Crippen LogP contribution in [0.25, 0.3) is 10.9 Å². The van der Waals surface area contributed by atoms with Gasteiger partial charge in [0.05, 0.1) is 17.2 Å². The third-order valence-corrected chi connectivity index (χ3v) is 3.55. The first-order chi connectivity index (χ1) is 10.2. The van der Waals surface area contributed by atoms with Crippen molar-refractivity contribution in [1.82, 2.24) is 9.55 Å². The number of para-hydroxylation sites is 1. The number of anilines is 1. The molecule has 3 rings (SSSR count). The van der Waals surface area contributed by atoms with E-state index in [-0.39, 0.29) is 5.56 Å². The Morgan fingerprint density at radius 1 is 1.10 bits per heavy atom. The van der Waals surface area contributed by atoms with Crippen molar-refractivity contribution >= 4 is 16.6 Å². The van der Waals surface area contributed by atoms with Crippen molar-refractivity contribution in [2.24, 2.45) is 0 Å². The van der Waals surface area contributed by atoms with Crippen LogP contribution < -0.4 is 11.3 Å².